The van der Waals surface area contributed by atoms with Crippen molar-refractivity contribution in [3.8, 4) is 0 Å². The third-order valence-corrected chi connectivity index (χ3v) is 3.16. The van der Waals surface area contributed by atoms with Crippen molar-refractivity contribution in [1.82, 2.24) is 0 Å². The summed E-state index contributed by atoms with van der Waals surface area (Å²) in [6, 6.07) is 0. The van der Waals surface area contributed by atoms with Gasteiger partial charge in [0.2, 0.25) is 0 Å². The zero-order valence-electron chi connectivity index (χ0n) is 8.21. The van der Waals surface area contributed by atoms with E-state index >= 15 is 0 Å². The Morgan fingerprint density at radius 1 is 1.44 bits per heavy atom. The van der Waals surface area contributed by atoms with E-state index in [-0.39, 0.29) is 6.42 Å². The minimum Gasteiger partial charge on any atom is -0.779 e. The number of hydrogen-bond donors (Lipinski definition) is 5. The van der Waals surface area contributed by atoms with Crippen LogP contribution in [0, 0.1) is 0 Å². The lowest BCUT2D eigenvalue weighted by Gasteiger charge is -2.39. The Balaban J connectivity index is 2.70. The third kappa shape index (κ3) is 3.76. The van der Waals surface area contributed by atoms with E-state index < -0.39 is 44.5 Å². The van der Waals surface area contributed by atoms with Gasteiger partial charge in [-0.3, -0.25) is 0 Å². The Morgan fingerprint density at radius 3 is 2.44 bits per heavy atom. The van der Waals surface area contributed by atoms with Gasteiger partial charge >= 0.3 is 0 Å². The molecule has 96 valence electrons. The van der Waals surface area contributed by atoms with Gasteiger partial charge in [0.15, 0.2) is 6.29 Å². The Bertz CT molecular complexity index is 276. The molecule has 0 bridgehead atoms. The van der Waals surface area contributed by atoms with E-state index in [1.807, 2.05) is 0 Å². The Hall–Kier alpha value is -0.0500. The SMILES string of the molecule is O=P([O-])(O)C[C@H]1O[C@H](C(O)O)C[C@@H](O)[C@@H]1O. The van der Waals surface area contributed by atoms with Gasteiger partial charge in [-0.05, 0) is 0 Å². The van der Waals surface area contributed by atoms with Gasteiger partial charge in [0, 0.05) is 12.6 Å². The van der Waals surface area contributed by atoms with Gasteiger partial charge < -0.3 is 39.5 Å². The van der Waals surface area contributed by atoms with Crippen molar-refractivity contribution in [3.05, 3.63) is 0 Å². The van der Waals surface area contributed by atoms with Crippen LogP contribution in [0.2, 0.25) is 0 Å². The molecule has 0 aliphatic carbocycles. The Morgan fingerprint density at radius 2 is 2.00 bits per heavy atom. The number of rotatable bonds is 3. The summed E-state index contributed by atoms with van der Waals surface area (Å²) in [5.41, 5.74) is 0. The minimum absolute atomic E-state index is 0.232. The molecule has 0 saturated carbocycles. The maximum absolute atomic E-state index is 10.6. The van der Waals surface area contributed by atoms with Crippen LogP contribution in [0.25, 0.3) is 0 Å². The van der Waals surface area contributed by atoms with Gasteiger partial charge in [0.25, 0.3) is 0 Å². The molecule has 1 saturated heterocycles. The van der Waals surface area contributed by atoms with Gasteiger partial charge in [-0.15, -0.1) is 0 Å². The van der Waals surface area contributed by atoms with Crippen LogP contribution < -0.4 is 4.89 Å². The second-order valence-corrected chi connectivity index (χ2v) is 5.38. The predicted octanol–water partition coefficient (Wildman–Crippen LogP) is -3.28. The first-order chi connectivity index (χ1) is 7.20. The first-order valence-electron chi connectivity index (χ1n) is 4.61. The minimum atomic E-state index is -4.66. The summed E-state index contributed by atoms with van der Waals surface area (Å²) in [5.74, 6) is 0. The topological polar surface area (TPSA) is 151 Å². The highest BCUT2D eigenvalue weighted by Gasteiger charge is 2.40. The van der Waals surface area contributed by atoms with Crippen molar-refractivity contribution in [2.45, 2.75) is 37.1 Å². The quantitative estimate of drug-likeness (QED) is 0.261. The normalized spacial score (nSPS) is 39.7. The first-order valence-corrected chi connectivity index (χ1v) is 6.37. The molecule has 1 aliphatic rings. The number of aliphatic hydroxyl groups is 4. The van der Waals surface area contributed by atoms with Crippen LogP contribution in [-0.2, 0) is 9.30 Å². The summed E-state index contributed by atoms with van der Waals surface area (Å²) in [6.07, 6.45) is -8.44. The van der Waals surface area contributed by atoms with Crippen LogP contribution in [0.4, 0.5) is 0 Å². The smallest absolute Gasteiger partial charge is 0.178 e. The lowest BCUT2D eigenvalue weighted by Crippen LogP contribution is -2.53. The van der Waals surface area contributed by atoms with E-state index in [0.717, 1.165) is 0 Å². The molecule has 16 heavy (non-hydrogen) atoms. The molecule has 0 aromatic heterocycles. The fraction of sp³-hybridized carbons (Fsp3) is 1.00. The molecule has 0 aromatic carbocycles. The summed E-state index contributed by atoms with van der Waals surface area (Å²) in [7, 11) is -4.66. The highest BCUT2D eigenvalue weighted by atomic mass is 31.2. The van der Waals surface area contributed by atoms with Crippen molar-refractivity contribution >= 4 is 7.60 Å². The van der Waals surface area contributed by atoms with Gasteiger partial charge in [-0.25, -0.2) is 0 Å². The molecule has 5 atom stereocenters. The van der Waals surface area contributed by atoms with Crippen molar-refractivity contribution in [1.29, 1.82) is 0 Å². The average Bonchev–Trinajstić information content (AvgIpc) is 2.10. The second-order valence-electron chi connectivity index (χ2n) is 3.74. The number of hydrogen-bond acceptors (Lipinski definition) is 7. The van der Waals surface area contributed by atoms with Crippen LogP contribution >= 0.6 is 7.60 Å². The van der Waals surface area contributed by atoms with Gasteiger partial charge in [0.05, 0.1) is 12.2 Å². The molecule has 8 nitrogen and oxygen atoms in total. The predicted molar refractivity (Wildman–Crippen MR) is 48.2 cm³/mol. The zero-order chi connectivity index (χ0) is 12.5. The molecule has 1 unspecified atom stereocenters. The van der Waals surface area contributed by atoms with E-state index in [0.29, 0.717) is 0 Å². The van der Waals surface area contributed by atoms with Crippen molar-refractivity contribution < 1.29 is 39.5 Å². The van der Waals surface area contributed by atoms with E-state index in [1.54, 1.807) is 0 Å². The molecule has 0 spiro atoms. The zero-order valence-corrected chi connectivity index (χ0v) is 9.10. The molecular weight excluding hydrogens is 243 g/mol. The Labute approximate surface area is 91.3 Å². The number of aliphatic hydroxyl groups excluding tert-OH is 3. The van der Waals surface area contributed by atoms with E-state index in [1.165, 1.54) is 0 Å². The maximum Gasteiger partial charge on any atom is 0.178 e. The highest BCUT2D eigenvalue weighted by molar-refractivity contribution is 7.50. The largest absolute Gasteiger partial charge is 0.779 e. The monoisotopic (exact) mass is 257 g/mol. The van der Waals surface area contributed by atoms with E-state index in [4.69, 9.17) is 19.8 Å². The van der Waals surface area contributed by atoms with Crippen LogP contribution in [0.1, 0.15) is 6.42 Å². The van der Waals surface area contributed by atoms with Crippen molar-refractivity contribution in [2.75, 3.05) is 6.16 Å². The van der Waals surface area contributed by atoms with Gasteiger partial charge in [-0.2, -0.15) is 0 Å². The van der Waals surface area contributed by atoms with Crippen molar-refractivity contribution in [2.24, 2.45) is 0 Å². The molecule has 1 aliphatic heterocycles. The third-order valence-electron chi connectivity index (χ3n) is 2.34. The van der Waals surface area contributed by atoms with Crippen molar-refractivity contribution in [3.63, 3.8) is 0 Å². The van der Waals surface area contributed by atoms with Gasteiger partial charge in [0.1, 0.15) is 19.8 Å². The first kappa shape index (κ1) is 14.0. The average molecular weight is 257 g/mol. The Kier molecular flexibility index (Phi) is 4.44. The lowest BCUT2D eigenvalue weighted by molar-refractivity contribution is -0.232. The van der Waals surface area contributed by atoms with E-state index in [9.17, 15) is 19.7 Å². The van der Waals surface area contributed by atoms with E-state index in [2.05, 4.69) is 0 Å². The van der Waals surface area contributed by atoms with Crippen LogP contribution in [0.3, 0.4) is 0 Å². The summed E-state index contributed by atoms with van der Waals surface area (Å²) in [5, 5.41) is 36.4. The molecular formula is C7H14O8P-. The van der Waals surface area contributed by atoms with Crippen LogP contribution in [0.15, 0.2) is 0 Å². The summed E-state index contributed by atoms with van der Waals surface area (Å²) >= 11 is 0. The molecule has 9 heteroatoms. The standard InChI is InChI=1S/C7H15O8P/c8-3-1-4(7(10)11)15-5(6(3)9)2-16(12,13)14/h3-11H,1-2H2,(H2,12,13,14)/p-1/t3-,4+,5-,6+/m1/s1. The van der Waals surface area contributed by atoms with Gasteiger partial charge in [-0.1, -0.05) is 0 Å². The molecule has 1 heterocycles. The summed E-state index contributed by atoms with van der Waals surface area (Å²) in [4.78, 5) is 19.2. The highest BCUT2D eigenvalue weighted by Crippen LogP contribution is 2.34. The molecule has 0 radical (unpaired) electrons. The van der Waals surface area contributed by atoms with Crippen LogP contribution in [0.5, 0.6) is 0 Å². The summed E-state index contributed by atoms with van der Waals surface area (Å²) < 4.78 is 15.5. The number of ether oxygens (including phenoxy) is 1. The molecule has 1 rings (SSSR count). The molecule has 0 aromatic rings. The maximum atomic E-state index is 10.6. The molecule has 5 N–H and O–H groups in total. The molecule has 0 amide bonds. The van der Waals surface area contributed by atoms with Crippen LogP contribution in [-0.4, -0.2) is 62.2 Å². The fourth-order valence-corrected chi connectivity index (χ4v) is 2.31. The lowest BCUT2D eigenvalue weighted by atomic mass is 9.98. The second kappa shape index (κ2) is 5.07. The summed E-state index contributed by atoms with van der Waals surface area (Å²) in [6.45, 7) is 0. The molecule has 1 fully saturated rings. The fourth-order valence-electron chi connectivity index (χ4n) is 1.56.